The maximum absolute atomic E-state index is 13.3. The van der Waals surface area contributed by atoms with Crippen molar-refractivity contribution in [3.8, 4) is 0 Å². The fraction of sp³-hybridized carbons (Fsp3) is 0.360. The molecule has 0 amide bonds. The van der Waals surface area contributed by atoms with Gasteiger partial charge < -0.3 is 20.1 Å². The van der Waals surface area contributed by atoms with Gasteiger partial charge in [0.15, 0.2) is 5.11 Å². The molecular weight excluding hydrogens is 423 g/mol. The van der Waals surface area contributed by atoms with Crippen LogP contribution in [0.2, 0.25) is 0 Å². The van der Waals surface area contributed by atoms with Gasteiger partial charge in [0.1, 0.15) is 5.82 Å². The molecule has 0 aliphatic carbocycles. The third kappa shape index (κ3) is 5.93. The smallest absolute Gasteiger partial charge is 0.253 e. The van der Waals surface area contributed by atoms with E-state index >= 15 is 0 Å². The Labute approximate surface area is 194 Å². The molecule has 0 aliphatic rings. The van der Waals surface area contributed by atoms with Crippen LogP contribution in [0.4, 0.5) is 10.1 Å². The molecule has 0 saturated heterocycles. The van der Waals surface area contributed by atoms with Crippen LogP contribution in [0.3, 0.4) is 0 Å². The lowest BCUT2D eigenvalue weighted by molar-refractivity contribution is 0.266. The fourth-order valence-electron chi connectivity index (χ4n) is 3.85. The van der Waals surface area contributed by atoms with Crippen molar-refractivity contribution in [1.29, 1.82) is 0 Å². The lowest BCUT2D eigenvalue weighted by atomic mass is 10.1. The summed E-state index contributed by atoms with van der Waals surface area (Å²) >= 11 is 5.68. The SMILES string of the molecule is CCN(CC)CCN(Cc1cc2cc(C)cc(C)c2[nH]c1=O)C(=S)Nc1ccc(F)cc1. The third-order valence-electron chi connectivity index (χ3n) is 5.69. The first kappa shape index (κ1) is 23.9. The summed E-state index contributed by atoms with van der Waals surface area (Å²) in [6.07, 6.45) is 0. The third-order valence-corrected chi connectivity index (χ3v) is 6.06. The van der Waals surface area contributed by atoms with Gasteiger partial charge in [-0.1, -0.05) is 25.5 Å². The zero-order valence-corrected chi connectivity index (χ0v) is 20.0. The van der Waals surface area contributed by atoms with Gasteiger partial charge in [-0.3, -0.25) is 4.79 Å². The number of hydrogen-bond donors (Lipinski definition) is 2. The van der Waals surface area contributed by atoms with Crippen molar-refractivity contribution in [2.24, 2.45) is 0 Å². The Balaban J connectivity index is 1.88. The molecule has 2 aromatic carbocycles. The van der Waals surface area contributed by atoms with Gasteiger partial charge in [-0.25, -0.2) is 4.39 Å². The Hall–Kier alpha value is -2.77. The Morgan fingerprint density at radius 2 is 1.75 bits per heavy atom. The number of nitrogens with zero attached hydrogens (tertiary/aromatic N) is 2. The lowest BCUT2D eigenvalue weighted by Gasteiger charge is -2.29. The topological polar surface area (TPSA) is 51.4 Å². The predicted molar refractivity (Wildman–Crippen MR) is 135 cm³/mol. The highest BCUT2D eigenvalue weighted by atomic mass is 32.1. The average Bonchev–Trinajstić information content (AvgIpc) is 2.76. The van der Waals surface area contributed by atoms with Gasteiger partial charge in [-0.2, -0.15) is 0 Å². The zero-order valence-electron chi connectivity index (χ0n) is 19.2. The Bertz CT molecular complexity index is 1140. The maximum Gasteiger partial charge on any atom is 0.253 e. The molecule has 0 aliphatic heterocycles. The molecule has 0 fully saturated rings. The van der Waals surface area contributed by atoms with Gasteiger partial charge in [0.25, 0.3) is 5.56 Å². The Morgan fingerprint density at radius 3 is 2.41 bits per heavy atom. The van der Waals surface area contributed by atoms with E-state index in [9.17, 15) is 9.18 Å². The quantitative estimate of drug-likeness (QED) is 0.478. The highest BCUT2D eigenvalue weighted by Crippen LogP contribution is 2.19. The number of likely N-dealkylation sites (N-methyl/N-ethyl adjacent to an activating group) is 1. The minimum atomic E-state index is -0.298. The van der Waals surface area contributed by atoms with Crippen molar-refractivity contribution in [1.82, 2.24) is 14.8 Å². The first-order valence-corrected chi connectivity index (χ1v) is 11.4. The van der Waals surface area contributed by atoms with Crippen LogP contribution in [0.1, 0.15) is 30.5 Å². The van der Waals surface area contributed by atoms with E-state index in [-0.39, 0.29) is 11.4 Å². The van der Waals surface area contributed by atoms with Crippen LogP contribution in [0.5, 0.6) is 0 Å². The number of pyridine rings is 1. The van der Waals surface area contributed by atoms with E-state index in [1.54, 1.807) is 12.1 Å². The van der Waals surface area contributed by atoms with Crippen LogP contribution in [0.25, 0.3) is 10.9 Å². The molecule has 3 aromatic rings. The van der Waals surface area contributed by atoms with Gasteiger partial charge in [0.2, 0.25) is 0 Å². The number of fused-ring (bicyclic) bond motifs is 1. The number of nitrogens with one attached hydrogen (secondary N) is 2. The number of hydrogen-bond acceptors (Lipinski definition) is 3. The van der Waals surface area contributed by atoms with Gasteiger partial charge >= 0.3 is 0 Å². The molecule has 170 valence electrons. The van der Waals surface area contributed by atoms with E-state index in [0.717, 1.165) is 41.7 Å². The van der Waals surface area contributed by atoms with Crippen LogP contribution in [-0.2, 0) is 6.54 Å². The maximum atomic E-state index is 13.3. The van der Waals surface area contributed by atoms with Crippen molar-refractivity contribution in [3.05, 3.63) is 75.3 Å². The van der Waals surface area contributed by atoms with Crippen LogP contribution in [0.15, 0.2) is 47.3 Å². The minimum absolute atomic E-state index is 0.109. The van der Waals surface area contributed by atoms with Crippen molar-refractivity contribution in [2.75, 3.05) is 31.5 Å². The molecule has 0 atom stereocenters. The Kier molecular flexibility index (Phi) is 7.99. The summed E-state index contributed by atoms with van der Waals surface area (Å²) in [5.74, 6) is -0.298. The molecule has 0 saturated carbocycles. The van der Waals surface area contributed by atoms with Gasteiger partial charge in [-0.15, -0.1) is 0 Å². The second-order valence-electron chi connectivity index (χ2n) is 8.06. The largest absolute Gasteiger partial charge is 0.343 e. The number of aromatic nitrogens is 1. The summed E-state index contributed by atoms with van der Waals surface area (Å²) in [4.78, 5) is 20.2. The fourth-order valence-corrected chi connectivity index (χ4v) is 4.12. The van der Waals surface area contributed by atoms with Gasteiger partial charge in [-0.05, 0) is 86.5 Å². The molecule has 0 unspecified atom stereocenters. The second-order valence-corrected chi connectivity index (χ2v) is 8.44. The minimum Gasteiger partial charge on any atom is -0.343 e. The molecule has 0 spiro atoms. The molecule has 3 rings (SSSR count). The molecular formula is C25H31FN4OS. The standard InChI is InChI=1S/C25H31FN4OS/c1-5-29(6-2)11-12-30(25(32)27-22-9-7-21(26)8-10-22)16-20-15-19-14-17(3)13-18(4)23(19)28-24(20)31/h7-10,13-15H,5-6,11-12,16H2,1-4H3,(H,27,32)(H,28,31). The molecule has 0 bridgehead atoms. The number of rotatable bonds is 8. The molecule has 7 heteroatoms. The number of anilines is 1. The van der Waals surface area contributed by atoms with Crippen LogP contribution >= 0.6 is 12.2 Å². The zero-order chi connectivity index (χ0) is 23.3. The number of halogens is 1. The van der Waals surface area contributed by atoms with Crippen molar-refractivity contribution >= 4 is 33.9 Å². The summed E-state index contributed by atoms with van der Waals surface area (Å²) in [6, 6.07) is 12.2. The molecule has 1 aromatic heterocycles. The summed E-state index contributed by atoms with van der Waals surface area (Å²) < 4.78 is 13.3. The average molecular weight is 455 g/mol. The second kappa shape index (κ2) is 10.7. The van der Waals surface area contributed by atoms with E-state index in [4.69, 9.17) is 12.2 Å². The van der Waals surface area contributed by atoms with Crippen LogP contribution < -0.4 is 10.9 Å². The summed E-state index contributed by atoms with van der Waals surface area (Å²) in [5, 5.41) is 4.70. The van der Waals surface area contributed by atoms with E-state index in [1.807, 2.05) is 17.9 Å². The Morgan fingerprint density at radius 1 is 1.06 bits per heavy atom. The number of aromatic amines is 1. The summed E-state index contributed by atoms with van der Waals surface area (Å²) in [7, 11) is 0. The normalized spacial score (nSPS) is 11.2. The van der Waals surface area contributed by atoms with Crippen LogP contribution in [0, 0.1) is 19.7 Å². The van der Waals surface area contributed by atoms with Crippen molar-refractivity contribution in [2.45, 2.75) is 34.2 Å². The van der Waals surface area contributed by atoms with E-state index in [2.05, 4.69) is 48.1 Å². The molecule has 32 heavy (non-hydrogen) atoms. The monoisotopic (exact) mass is 454 g/mol. The molecule has 5 nitrogen and oxygen atoms in total. The summed E-state index contributed by atoms with van der Waals surface area (Å²) in [6.45, 7) is 12.1. The summed E-state index contributed by atoms with van der Waals surface area (Å²) in [5.41, 5.74) is 4.33. The molecule has 0 radical (unpaired) electrons. The molecule has 2 N–H and O–H groups in total. The number of H-pyrrole nitrogens is 1. The van der Waals surface area contributed by atoms with Crippen molar-refractivity contribution < 1.29 is 4.39 Å². The lowest BCUT2D eigenvalue weighted by Crippen LogP contribution is -2.41. The van der Waals surface area contributed by atoms with Crippen molar-refractivity contribution in [3.63, 3.8) is 0 Å². The molecule has 1 heterocycles. The number of aryl methyl sites for hydroxylation is 2. The number of benzene rings is 2. The van der Waals surface area contributed by atoms with Crippen LogP contribution in [-0.4, -0.2) is 46.1 Å². The van der Waals surface area contributed by atoms with E-state index in [0.29, 0.717) is 29.5 Å². The number of thiocarbonyl (C=S) groups is 1. The highest BCUT2D eigenvalue weighted by molar-refractivity contribution is 7.80. The van der Waals surface area contributed by atoms with E-state index in [1.165, 1.54) is 12.1 Å². The van der Waals surface area contributed by atoms with Gasteiger partial charge in [0.05, 0.1) is 12.1 Å². The van der Waals surface area contributed by atoms with E-state index < -0.39 is 0 Å². The first-order valence-electron chi connectivity index (χ1n) is 11.0. The predicted octanol–water partition coefficient (Wildman–Crippen LogP) is 4.82. The van der Waals surface area contributed by atoms with Gasteiger partial charge in [0, 0.05) is 24.3 Å². The highest BCUT2D eigenvalue weighted by Gasteiger charge is 2.15. The first-order chi connectivity index (χ1) is 15.3.